The van der Waals surface area contributed by atoms with E-state index in [-0.39, 0.29) is 0 Å². The van der Waals surface area contributed by atoms with Gasteiger partial charge in [-0.3, -0.25) is 9.97 Å². The predicted octanol–water partition coefficient (Wildman–Crippen LogP) is 5.23. The average Bonchev–Trinajstić information content (AvgIpc) is 3.14. The molecule has 4 rings (SSSR count). The third-order valence-corrected chi connectivity index (χ3v) is 5.74. The van der Waals surface area contributed by atoms with Gasteiger partial charge in [0, 0.05) is 42.5 Å². The molecule has 0 saturated carbocycles. The number of hydrogen-bond donors (Lipinski definition) is 2. The number of aryl methyl sites for hydroxylation is 4. The molecule has 0 aliphatic heterocycles. The minimum absolute atomic E-state index is 0.692. The molecule has 0 amide bonds. The van der Waals surface area contributed by atoms with E-state index in [9.17, 15) is 0 Å². The Morgan fingerprint density at radius 3 is 2.67 bits per heavy atom. The van der Waals surface area contributed by atoms with Crippen LogP contribution in [-0.2, 0) is 13.0 Å². The molecule has 2 N–H and O–H groups in total. The van der Waals surface area contributed by atoms with Crippen molar-refractivity contribution < 1.29 is 4.74 Å². The second-order valence-corrected chi connectivity index (χ2v) is 7.87. The largest absolute Gasteiger partial charge is 0.496 e. The minimum atomic E-state index is 0.692. The number of aromatic nitrogens is 5. The van der Waals surface area contributed by atoms with Crippen molar-refractivity contribution in [1.29, 1.82) is 5.41 Å². The average molecular weight is 444 g/mol. The number of imidazole rings is 1. The van der Waals surface area contributed by atoms with Gasteiger partial charge in [0.05, 0.1) is 35.3 Å². The van der Waals surface area contributed by atoms with Crippen molar-refractivity contribution in [1.82, 2.24) is 24.5 Å². The van der Waals surface area contributed by atoms with Gasteiger partial charge >= 0.3 is 0 Å². The number of ether oxygens (including phenoxy) is 1. The molecule has 33 heavy (non-hydrogen) atoms. The van der Waals surface area contributed by atoms with E-state index in [1.54, 1.807) is 19.5 Å². The van der Waals surface area contributed by atoms with Crippen LogP contribution in [0.25, 0.3) is 22.3 Å². The van der Waals surface area contributed by atoms with E-state index in [1.807, 2.05) is 32.0 Å². The minimum Gasteiger partial charge on any atom is -0.496 e. The van der Waals surface area contributed by atoms with Gasteiger partial charge in [-0.15, -0.1) is 0 Å². The summed E-state index contributed by atoms with van der Waals surface area (Å²) in [5.74, 6) is 2.39. The van der Waals surface area contributed by atoms with Crippen molar-refractivity contribution in [2.24, 2.45) is 0 Å². The molecule has 4 aromatic heterocycles. The topological polar surface area (TPSA) is 102 Å². The van der Waals surface area contributed by atoms with E-state index in [2.05, 4.69) is 28.7 Å². The zero-order valence-corrected chi connectivity index (χ0v) is 19.7. The van der Waals surface area contributed by atoms with E-state index < -0.39 is 0 Å². The summed E-state index contributed by atoms with van der Waals surface area (Å²) in [6, 6.07) is 5.76. The lowest BCUT2D eigenvalue weighted by molar-refractivity contribution is 0.416. The Bertz CT molecular complexity index is 1330. The Kier molecular flexibility index (Phi) is 6.35. The molecule has 8 heteroatoms. The van der Waals surface area contributed by atoms with Crippen LogP contribution in [0.5, 0.6) is 5.75 Å². The molecular formula is C25H29N7O. The lowest BCUT2D eigenvalue weighted by Gasteiger charge is -2.15. The predicted molar refractivity (Wildman–Crippen MR) is 132 cm³/mol. The van der Waals surface area contributed by atoms with Crippen LogP contribution in [0.15, 0.2) is 30.6 Å². The highest BCUT2D eigenvalue weighted by Gasteiger charge is 2.17. The number of rotatable bonds is 8. The van der Waals surface area contributed by atoms with Crippen LogP contribution in [0.1, 0.15) is 43.0 Å². The summed E-state index contributed by atoms with van der Waals surface area (Å²) in [5.41, 5.74) is 6.71. The zero-order chi connectivity index (χ0) is 23.5. The number of anilines is 2. The molecule has 0 bridgehead atoms. The molecular weight excluding hydrogens is 414 g/mol. The Labute approximate surface area is 193 Å². The number of hydrogen-bond acceptors (Lipinski definition) is 7. The second kappa shape index (κ2) is 9.36. The van der Waals surface area contributed by atoms with Gasteiger partial charge in [-0.1, -0.05) is 13.3 Å². The molecule has 4 aromatic rings. The number of nitrogens with one attached hydrogen (secondary N) is 2. The lowest BCUT2D eigenvalue weighted by atomic mass is 10.1. The summed E-state index contributed by atoms with van der Waals surface area (Å²) < 4.78 is 7.70. The summed E-state index contributed by atoms with van der Waals surface area (Å²) in [6.45, 7) is 9.02. The molecule has 0 radical (unpaired) electrons. The number of methoxy groups -OCH3 is 1. The van der Waals surface area contributed by atoms with Gasteiger partial charge in [0.1, 0.15) is 22.9 Å². The summed E-state index contributed by atoms with van der Waals surface area (Å²) in [7, 11) is 1.63. The molecule has 0 aliphatic carbocycles. The van der Waals surface area contributed by atoms with Crippen molar-refractivity contribution in [3.8, 4) is 17.0 Å². The highest BCUT2D eigenvalue weighted by molar-refractivity contribution is 5.91. The number of fused-ring (bicyclic) bond motifs is 1. The van der Waals surface area contributed by atoms with E-state index in [4.69, 9.17) is 25.1 Å². The highest BCUT2D eigenvalue weighted by Crippen LogP contribution is 2.33. The monoisotopic (exact) mass is 443 g/mol. The molecule has 0 aromatic carbocycles. The fraction of sp³-hybridized carbons (Fsp3) is 0.320. The SMILES string of the molecule is CCCc1nc(Nc2cc(-c3cnccc3OC)nc(C)c2C=N)cc2c1nc(C)n2CC. The molecule has 0 fully saturated rings. The normalized spacial score (nSPS) is 11.1. The van der Waals surface area contributed by atoms with Crippen LogP contribution in [-0.4, -0.2) is 37.8 Å². The molecule has 0 atom stereocenters. The van der Waals surface area contributed by atoms with Gasteiger partial charge in [-0.25, -0.2) is 9.97 Å². The van der Waals surface area contributed by atoms with Crippen molar-refractivity contribution >= 4 is 28.8 Å². The van der Waals surface area contributed by atoms with Crippen molar-refractivity contribution in [3.05, 3.63) is 53.4 Å². The Balaban J connectivity index is 1.86. The molecule has 170 valence electrons. The maximum absolute atomic E-state index is 7.97. The summed E-state index contributed by atoms with van der Waals surface area (Å²) in [4.78, 5) is 18.6. The van der Waals surface area contributed by atoms with Crippen molar-refractivity contribution in [3.63, 3.8) is 0 Å². The van der Waals surface area contributed by atoms with Gasteiger partial charge in [-0.05, 0) is 39.3 Å². The maximum atomic E-state index is 7.97. The molecule has 0 aliphatic rings. The number of pyridine rings is 3. The van der Waals surface area contributed by atoms with Crippen molar-refractivity contribution in [2.45, 2.75) is 47.1 Å². The standard InChI is InChI=1S/C25H29N7O/c1-6-8-19-25-22(32(7-2)16(4)29-25)12-24(30-19)31-20-11-21(28-15(3)17(20)13-26)18-14-27-10-9-23(18)33-5/h9-14,26H,6-8H2,1-5H3,(H,28,30,31). The third-order valence-electron chi connectivity index (χ3n) is 5.74. The molecule has 8 nitrogen and oxygen atoms in total. The first kappa shape index (κ1) is 22.4. The molecule has 0 saturated heterocycles. The van der Waals surface area contributed by atoms with Gasteiger partial charge in [0.15, 0.2) is 0 Å². The van der Waals surface area contributed by atoms with Crippen LogP contribution >= 0.6 is 0 Å². The van der Waals surface area contributed by atoms with Crippen molar-refractivity contribution in [2.75, 3.05) is 12.4 Å². The smallest absolute Gasteiger partial charge is 0.132 e. The maximum Gasteiger partial charge on any atom is 0.132 e. The molecule has 4 heterocycles. The summed E-state index contributed by atoms with van der Waals surface area (Å²) in [5, 5.41) is 11.4. The van der Waals surface area contributed by atoms with Crippen LogP contribution in [0.4, 0.5) is 11.5 Å². The van der Waals surface area contributed by atoms with E-state index in [0.717, 1.165) is 70.4 Å². The molecule has 0 spiro atoms. The Morgan fingerprint density at radius 2 is 1.97 bits per heavy atom. The van der Waals surface area contributed by atoms with E-state index in [0.29, 0.717) is 11.3 Å². The summed E-state index contributed by atoms with van der Waals surface area (Å²) >= 11 is 0. The molecule has 0 unspecified atom stereocenters. The van der Waals surface area contributed by atoms with Gasteiger partial charge in [0.25, 0.3) is 0 Å². The Morgan fingerprint density at radius 1 is 1.15 bits per heavy atom. The first-order chi connectivity index (χ1) is 16.0. The van der Waals surface area contributed by atoms with E-state index >= 15 is 0 Å². The zero-order valence-electron chi connectivity index (χ0n) is 19.7. The van der Waals surface area contributed by atoms with E-state index in [1.165, 1.54) is 6.21 Å². The third kappa shape index (κ3) is 4.16. The first-order valence-electron chi connectivity index (χ1n) is 11.1. The second-order valence-electron chi connectivity index (χ2n) is 7.87. The van der Waals surface area contributed by atoms with Crippen LogP contribution in [0.3, 0.4) is 0 Å². The van der Waals surface area contributed by atoms with Crippen LogP contribution in [0, 0.1) is 19.3 Å². The van der Waals surface area contributed by atoms with Gasteiger partial charge in [0.2, 0.25) is 0 Å². The van der Waals surface area contributed by atoms with Gasteiger partial charge in [-0.2, -0.15) is 0 Å². The van der Waals surface area contributed by atoms with Gasteiger partial charge < -0.3 is 20.0 Å². The fourth-order valence-electron chi connectivity index (χ4n) is 4.17. The van der Waals surface area contributed by atoms with Crippen LogP contribution in [0.2, 0.25) is 0 Å². The fourth-order valence-corrected chi connectivity index (χ4v) is 4.17. The number of nitrogens with zero attached hydrogens (tertiary/aromatic N) is 5. The van der Waals surface area contributed by atoms with Crippen LogP contribution < -0.4 is 10.1 Å². The summed E-state index contributed by atoms with van der Waals surface area (Å²) in [6.07, 6.45) is 6.57. The quantitative estimate of drug-likeness (QED) is 0.362. The Hall–Kier alpha value is -3.81. The highest BCUT2D eigenvalue weighted by atomic mass is 16.5. The lowest BCUT2D eigenvalue weighted by Crippen LogP contribution is -2.05. The first-order valence-corrected chi connectivity index (χ1v) is 11.1.